The standard InChI is InChI=1S/C22H27N4O2/c1-4-12-26-20-18(23-19(24-20)16-8-6-5-7-9-16)21(27)25-22(26)28-17-11-10-14(2)15(3)13-17/h10-11,13,16H,4-9,12H2,1-3H3. The van der Waals surface area contributed by atoms with Crippen LogP contribution in [0, 0.1) is 19.8 Å². The Balaban J connectivity index is 1.72. The molecule has 1 radical (unpaired) electrons. The van der Waals surface area contributed by atoms with E-state index in [1.165, 1.54) is 24.8 Å². The number of ether oxygens (including phenoxy) is 1. The highest BCUT2D eigenvalue weighted by Crippen LogP contribution is 2.36. The Hall–Kier alpha value is -2.63. The van der Waals surface area contributed by atoms with E-state index in [0.717, 1.165) is 30.7 Å². The van der Waals surface area contributed by atoms with E-state index in [1.54, 1.807) is 0 Å². The second kappa shape index (κ2) is 7.78. The van der Waals surface area contributed by atoms with E-state index in [1.807, 2.05) is 29.7 Å². The molecule has 1 saturated carbocycles. The summed E-state index contributed by atoms with van der Waals surface area (Å²) in [6, 6.07) is 6.16. The molecule has 0 spiro atoms. The topological polar surface area (TPSA) is 70.6 Å². The molecule has 0 N–H and O–H groups in total. The minimum Gasteiger partial charge on any atom is -0.425 e. The van der Waals surface area contributed by atoms with Crippen LogP contribution in [0.1, 0.15) is 56.6 Å². The highest BCUT2D eigenvalue weighted by atomic mass is 16.5. The van der Waals surface area contributed by atoms with Crippen LogP contribution >= 0.6 is 0 Å². The third kappa shape index (κ3) is 3.55. The number of hydrogen-bond donors (Lipinski definition) is 0. The maximum atomic E-state index is 12.7. The maximum Gasteiger partial charge on any atom is 0.307 e. The lowest BCUT2D eigenvalue weighted by Gasteiger charge is -2.20. The van der Waals surface area contributed by atoms with Gasteiger partial charge < -0.3 is 4.74 Å². The quantitative estimate of drug-likeness (QED) is 0.740. The molecule has 0 amide bonds. The van der Waals surface area contributed by atoms with Crippen LogP contribution in [-0.2, 0) is 6.54 Å². The average Bonchev–Trinajstić information content (AvgIpc) is 3.14. The van der Waals surface area contributed by atoms with Gasteiger partial charge in [-0.3, -0.25) is 9.36 Å². The second-order valence-electron chi connectivity index (χ2n) is 7.79. The fourth-order valence-electron chi connectivity index (χ4n) is 3.90. The highest BCUT2D eigenvalue weighted by Gasteiger charge is 2.30. The summed E-state index contributed by atoms with van der Waals surface area (Å²) in [5.74, 6) is 2.41. The highest BCUT2D eigenvalue weighted by molar-refractivity contribution is 5.96. The van der Waals surface area contributed by atoms with Gasteiger partial charge in [-0.25, -0.2) is 10.3 Å². The first-order valence-corrected chi connectivity index (χ1v) is 10.3. The van der Waals surface area contributed by atoms with Gasteiger partial charge in [-0.15, -0.1) is 0 Å². The van der Waals surface area contributed by atoms with Crippen LogP contribution in [-0.4, -0.2) is 15.4 Å². The van der Waals surface area contributed by atoms with Crippen molar-refractivity contribution in [1.29, 1.82) is 0 Å². The number of nitrogens with zero attached hydrogens (tertiary/aromatic N) is 4. The van der Waals surface area contributed by atoms with E-state index in [0.29, 0.717) is 29.7 Å². The fourth-order valence-corrected chi connectivity index (χ4v) is 3.90. The van der Waals surface area contributed by atoms with Gasteiger partial charge in [-0.05, 0) is 56.4 Å². The number of rotatable bonds is 5. The molecule has 1 aromatic heterocycles. The molecule has 0 bridgehead atoms. The number of hydrogen-bond acceptors (Lipinski definition) is 4. The van der Waals surface area contributed by atoms with Crippen LogP contribution in [0.3, 0.4) is 0 Å². The van der Waals surface area contributed by atoms with Crippen molar-refractivity contribution in [2.45, 2.75) is 65.8 Å². The zero-order chi connectivity index (χ0) is 19.7. The Labute approximate surface area is 165 Å². The van der Waals surface area contributed by atoms with Crippen LogP contribution in [0.5, 0.6) is 11.8 Å². The lowest BCUT2D eigenvalue weighted by Crippen LogP contribution is -2.24. The first-order valence-electron chi connectivity index (χ1n) is 10.3. The van der Waals surface area contributed by atoms with Crippen LogP contribution in [0.4, 0.5) is 11.5 Å². The Kier molecular flexibility index (Phi) is 5.20. The van der Waals surface area contributed by atoms with Crippen LogP contribution in [0.15, 0.2) is 28.0 Å². The van der Waals surface area contributed by atoms with Crippen molar-refractivity contribution in [1.82, 2.24) is 14.9 Å². The average molecular weight is 379 g/mol. The normalized spacial score (nSPS) is 16.5. The van der Waals surface area contributed by atoms with Crippen molar-refractivity contribution in [2.75, 3.05) is 0 Å². The van der Waals surface area contributed by atoms with Gasteiger partial charge in [-0.2, -0.15) is 4.98 Å². The molecule has 0 saturated heterocycles. The van der Waals surface area contributed by atoms with E-state index >= 15 is 0 Å². The fraction of sp³-hybridized carbons (Fsp3) is 0.500. The van der Waals surface area contributed by atoms with Gasteiger partial charge >= 0.3 is 11.6 Å². The zero-order valence-corrected chi connectivity index (χ0v) is 16.9. The van der Waals surface area contributed by atoms with Gasteiger partial charge in [0.05, 0.1) is 0 Å². The number of fused-ring (bicyclic) bond motifs is 1. The molecule has 2 heterocycles. The molecule has 1 fully saturated rings. The van der Waals surface area contributed by atoms with Gasteiger partial charge in [0.2, 0.25) is 0 Å². The van der Waals surface area contributed by atoms with E-state index in [-0.39, 0.29) is 11.6 Å². The first-order chi connectivity index (χ1) is 13.6. The van der Waals surface area contributed by atoms with E-state index in [9.17, 15) is 4.79 Å². The van der Waals surface area contributed by atoms with E-state index in [2.05, 4.69) is 24.1 Å². The molecule has 28 heavy (non-hydrogen) atoms. The number of benzene rings is 1. The molecule has 147 valence electrons. The molecule has 0 atom stereocenters. The molecule has 2 aromatic rings. The zero-order valence-electron chi connectivity index (χ0n) is 16.9. The maximum absolute atomic E-state index is 12.7. The van der Waals surface area contributed by atoms with E-state index < -0.39 is 0 Å². The predicted molar refractivity (Wildman–Crippen MR) is 110 cm³/mol. The Bertz CT molecular complexity index is 971. The van der Waals surface area contributed by atoms with Gasteiger partial charge in [-0.1, -0.05) is 32.3 Å². The predicted octanol–water partition coefficient (Wildman–Crippen LogP) is 4.92. The SMILES string of the molecule is CCCn1c(Oc2ccc(C)c(C)c2)nc(=O)c2c1N=C(C1CCCCC1)[N]2. The van der Waals surface area contributed by atoms with Gasteiger partial charge in [0, 0.05) is 12.5 Å². The van der Waals surface area contributed by atoms with Crippen molar-refractivity contribution in [3.63, 3.8) is 0 Å². The molecule has 1 aromatic carbocycles. The molecule has 2 aliphatic rings. The summed E-state index contributed by atoms with van der Waals surface area (Å²) in [6.07, 6.45) is 6.75. The number of aromatic nitrogens is 2. The lowest BCUT2D eigenvalue weighted by atomic mass is 9.88. The molecule has 6 nitrogen and oxygen atoms in total. The summed E-state index contributed by atoms with van der Waals surface area (Å²) in [4.78, 5) is 21.6. The minimum absolute atomic E-state index is 0.290. The summed E-state index contributed by atoms with van der Waals surface area (Å²) in [7, 11) is 0. The summed E-state index contributed by atoms with van der Waals surface area (Å²) in [5, 5.41) is 4.59. The summed E-state index contributed by atoms with van der Waals surface area (Å²) in [5.41, 5.74) is 2.33. The molecule has 1 aliphatic heterocycles. The molecular weight excluding hydrogens is 352 g/mol. The van der Waals surface area contributed by atoms with Crippen molar-refractivity contribution in [3.8, 4) is 11.8 Å². The van der Waals surface area contributed by atoms with E-state index in [4.69, 9.17) is 9.73 Å². The van der Waals surface area contributed by atoms with Crippen molar-refractivity contribution in [3.05, 3.63) is 39.7 Å². The molecular formula is C22H27N4O2. The minimum atomic E-state index is -0.365. The molecule has 1 aliphatic carbocycles. The number of aryl methyl sites for hydroxylation is 2. The molecule has 6 heteroatoms. The van der Waals surface area contributed by atoms with Gasteiger partial charge in [0.1, 0.15) is 11.6 Å². The first kappa shape index (κ1) is 18.7. The van der Waals surface area contributed by atoms with Crippen LogP contribution < -0.4 is 15.6 Å². The Morgan fingerprint density at radius 1 is 1.14 bits per heavy atom. The van der Waals surface area contributed by atoms with Crippen molar-refractivity contribution < 1.29 is 4.74 Å². The largest absolute Gasteiger partial charge is 0.425 e. The molecule has 4 rings (SSSR count). The third-order valence-corrected chi connectivity index (χ3v) is 5.65. The molecule has 0 unspecified atom stereocenters. The monoisotopic (exact) mass is 379 g/mol. The van der Waals surface area contributed by atoms with Crippen molar-refractivity contribution >= 4 is 17.3 Å². The van der Waals surface area contributed by atoms with Crippen LogP contribution in [0.25, 0.3) is 0 Å². The second-order valence-corrected chi connectivity index (χ2v) is 7.79. The van der Waals surface area contributed by atoms with Gasteiger partial charge in [0.25, 0.3) is 0 Å². The number of aliphatic imine (C=N–C) groups is 1. The Morgan fingerprint density at radius 3 is 2.64 bits per heavy atom. The summed E-state index contributed by atoms with van der Waals surface area (Å²) >= 11 is 0. The number of amidine groups is 1. The third-order valence-electron chi connectivity index (χ3n) is 5.65. The lowest BCUT2D eigenvalue weighted by molar-refractivity contribution is 0.400. The van der Waals surface area contributed by atoms with Crippen molar-refractivity contribution in [2.24, 2.45) is 10.9 Å². The summed E-state index contributed by atoms with van der Waals surface area (Å²) in [6.45, 7) is 6.86. The van der Waals surface area contributed by atoms with Gasteiger partial charge in [0.15, 0.2) is 11.5 Å². The Morgan fingerprint density at radius 2 is 1.93 bits per heavy atom. The summed E-state index contributed by atoms with van der Waals surface area (Å²) < 4.78 is 7.92. The van der Waals surface area contributed by atoms with Crippen LogP contribution in [0.2, 0.25) is 0 Å². The smallest absolute Gasteiger partial charge is 0.307 e.